The van der Waals surface area contributed by atoms with Crippen LogP contribution in [-0.2, 0) is 16.6 Å². The lowest BCUT2D eigenvalue weighted by Crippen LogP contribution is -2.29. The Hall–Kier alpha value is -2.87. The molecule has 0 fully saturated rings. The van der Waals surface area contributed by atoms with Crippen LogP contribution in [0.25, 0.3) is 11.5 Å². The Kier molecular flexibility index (Phi) is 2.88. The normalized spacial score (nSPS) is 15.8. The van der Waals surface area contributed by atoms with Gasteiger partial charge in [-0.2, -0.15) is 0 Å². The number of furan rings is 1. The van der Waals surface area contributed by atoms with Gasteiger partial charge in [0.05, 0.1) is 18.4 Å². The van der Waals surface area contributed by atoms with Crippen molar-refractivity contribution < 1.29 is 22.2 Å². The first-order valence-corrected chi connectivity index (χ1v) is 8.17. The van der Waals surface area contributed by atoms with E-state index in [1.807, 2.05) is 0 Å². The zero-order valence-corrected chi connectivity index (χ0v) is 12.5. The lowest BCUT2D eigenvalue weighted by atomic mass is 10.2. The molecule has 1 aliphatic heterocycles. The summed E-state index contributed by atoms with van der Waals surface area (Å²) in [5.74, 6) is 0.275. The standard InChI is InChI=1S/C15H10N2O5S/c18-15-11-4-1-2-6-14(11)23(19,20)17(15)9-10-8-13(22-16-10)12-5-3-7-21-12/h1-8H,9H2. The molecule has 0 unspecified atom stereocenters. The molecule has 23 heavy (non-hydrogen) atoms. The lowest BCUT2D eigenvalue weighted by molar-refractivity contribution is 0.0863. The number of fused-ring (bicyclic) bond motifs is 1. The predicted molar refractivity (Wildman–Crippen MR) is 77.7 cm³/mol. The van der Waals surface area contributed by atoms with Crippen molar-refractivity contribution in [3.8, 4) is 11.5 Å². The molecule has 7 nitrogen and oxygen atoms in total. The second kappa shape index (κ2) is 4.82. The van der Waals surface area contributed by atoms with E-state index >= 15 is 0 Å². The first-order valence-electron chi connectivity index (χ1n) is 6.73. The topological polar surface area (TPSA) is 93.6 Å². The monoisotopic (exact) mass is 330 g/mol. The summed E-state index contributed by atoms with van der Waals surface area (Å²) in [5, 5.41) is 3.81. The number of aromatic nitrogens is 1. The fourth-order valence-electron chi connectivity index (χ4n) is 2.46. The number of sulfonamides is 1. The van der Waals surface area contributed by atoms with Gasteiger partial charge in [-0.05, 0) is 24.3 Å². The number of carbonyl (C=O) groups excluding carboxylic acids is 1. The summed E-state index contributed by atoms with van der Waals surface area (Å²) in [4.78, 5) is 12.3. The fourth-order valence-corrected chi connectivity index (χ4v) is 4.00. The third-order valence-corrected chi connectivity index (χ3v) is 5.33. The summed E-state index contributed by atoms with van der Waals surface area (Å²) in [5.41, 5.74) is 0.489. The van der Waals surface area contributed by atoms with Crippen LogP contribution < -0.4 is 0 Å². The molecule has 1 aliphatic rings. The number of hydrogen-bond donors (Lipinski definition) is 0. The number of rotatable bonds is 3. The molecule has 3 aromatic rings. The molecule has 3 heterocycles. The first kappa shape index (κ1) is 13.8. The van der Waals surface area contributed by atoms with Crippen LogP contribution in [0.5, 0.6) is 0 Å². The zero-order valence-electron chi connectivity index (χ0n) is 11.7. The van der Waals surface area contributed by atoms with E-state index in [1.165, 1.54) is 18.4 Å². The molecule has 0 bridgehead atoms. The maximum atomic E-state index is 12.5. The van der Waals surface area contributed by atoms with Gasteiger partial charge >= 0.3 is 0 Å². The number of hydrogen-bond acceptors (Lipinski definition) is 6. The van der Waals surface area contributed by atoms with Crippen LogP contribution in [0, 0.1) is 0 Å². The third kappa shape index (κ3) is 2.07. The van der Waals surface area contributed by atoms with Gasteiger partial charge in [0.2, 0.25) is 5.76 Å². The van der Waals surface area contributed by atoms with E-state index in [-0.39, 0.29) is 17.0 Å². The Labute approximate surface area is 131 Å². The summed E-state index contributed by atoms with van der Waals surface area (Å²) in [6.07, 6.45) is 1.49. The molecule has 0 saturated heterocycles. The molecule has 0 radical (unpaired) electrons. The lowest BCUT2D eigenvalue weighted by Gasteiger charge is -2.12. The highest BCUT2D eigenvalue weighted by Crippen LogP contribution is 2.31. The summed E-state index contributed by atoms with van der Waals surface area (Å²) >= 11 is 0. The number of benzene rings is 1. The van der Waals surface area contributed by atoms with Crippen LogP contribution in [0.1, 0.15) is 16.1 Å². The second-order valence-electron chi connectivity index (χ2n) is 4.97. The van der Waals surface area contributed by atoms with Crippen LogP contribution in [-0.4, -0.2) is 23.8 Å². The molecule has 8 heteroatoms. The van der Waals surface area contributed by atoms with Gasteiger partial charge in [-0.1, -0.05) is 17.3 Å². The molecule has 0 spiro atoms. The van der Waals surface area contributed by atoms with E-state index in [4.69, 9.17) is 8.94 Å². The quantitative estimate of drug-likeness (QED) is 0.731. The Balaban J connectivity index is 1.67. The van der Waals surface area contributed by atoms with Gasteiger partial charge in [-0.3, -0.25) is 4.79 Å². The molecular weight excluding hydrogens is 320 g/mol. The molecule has 0 N–H and O–H groups in total. The minimum Gasteiger partial charge on any atom is -0.461 e. The van der Waals surface area contributed by atoms with Gasteiger partial charge in [-0.25, -0.2) is 12.7 Å². The highest BCUT2D eigenvalue weighted by atomic mass is 32.2. The molecule has 2 aromatic heterocycles. The third-order valence-electron chi connectivity index (χ3n) is 3.54. The molecular formula is C15H10N2O5S. The predicted octanol–water partition coefficient (Wildman–Crippen LogP) is 2.28. The van der Waals surface area contributed by atoms with Gasteiger partial charge < -0.3 is 8.94 Å². The Morgan fingerprint density at radius 2 is 1.91 bits per heavy atom. The number of amides is 1. The van der Waals surface area contributed by atoms with Crippen LogP contribution in [0.15, 0.2) is 62.6 Å². The van der Waals surface area contributed by atoms with E-state index in [9.17, 15) is 13.2 Å². The highest BCUT2D eigenvalue weighted by Gasteiger charge is 2.41. The highest BCUT2D eigenvalue weighted by molar-refractivity contribution is 7.90. The molecule has 1 amide bonds. The van der Waals surface area contributed by atoms with E-state index in [1.54, 1.807) is 30.3 Å². The average Bonchev–Trinajstić information content (AvgIpc) is 3.25. The molecule has 0 aliphatic carbocycles. The van der Waals surface area contributed by atoms with Gasteiger partial charge in [-0.15, -0.1) is 0 Å². The van der Waals surface area contributed by atoms with E-state index in [0.29, 0.717) is 17.2 Å². The van der Waals surface area contributed by atoms with Crippen molar-refractivity contribution >= 4 is 15.9 Å². The molecule has 0 atom stereocenters. The maximum Gasteiger partial charge on any atom is 0.269 e. The average molecular weight is 330 g/mol. The molecule has 0 saturated carbocycles. The van der Waals surface area contributed by atoms with Crippen LogP contribution >= 0.6 is 0 Å². The minimum absolute atomic E-state index is 0.0137. The molecule has 116 valence electrons. The summed E-state index contributed by atoms with van der Waals surface area (Å²) < 4.78 is 36.0. The summed E-state index contributed by atoms with van der Waals surface area (Å²) in [7, 11) is -3.86. The number of nitrogens with zero attached hydrogens (tertiary/aromatic N) is 2. The van der Waals surface area contributed by atoms with Gasteiger partial charge in [0, 0.05) is 6.07 Å². The molecule has 1 aromatic carbocycles. The SMILES string of the molecule is O=C1c2ccccc2S(=O)(=O)N1Cc1cc(-c2ccco2)on1. The van der Waals surface area contributed by atoms with Crippen LogP contribution in [0.4, 0.5) is 0 Å². The summed E-state index contributed by atoms with van der Waals surface area (Å²) in [6.45, 7) is -0.194. The maximum absolute atomic E-state index is 12.5. The van der Waals surface area contributed by atoms with Crippen molar-refractivity contribution in [3.63, 3.8) is 0 Å². The van der Waals surface area contributed by atoms with Crippen LogP contribution in [0.2, 0.25) is 0 Å². The number of carbonyl (C=O) groups is 1. The fraction of sp³-hybridized carbons (Fsp3) is 0.0667. The van der Waals surface area contributed by atoms with Crippen molar-refractivity contribution in [2.24, 2.45) is 0 Å². The van der Waals surface area contributed by atoms with E-state index in [0.717, 1.165) is 4.31 Å². The Morgan fingerprint density at radius 3 is 2.65 bits per heavy atom. The Morgan fingerprint density at radius 1 is 1.09 bits per heavy atom. The van der Waals surface area contributed by atoms with E-state index in [2.05, 4.69) is 5.16 Å². The van der Waals surface area contributed by atoms with Gasteiger partial charge in [0.25, 0.3) is 15.9 Å². The van der Waals surface area contributed by atoms with Crippen molar-refractivity contribution in [2.75, 3.05) is 0 Å². The molecule has 4 rings (SSSR count). The minimum atomic E-state index is -3.86. The van der Waals surface area contributed by atoms with Gasteiger partial charge in [0.15, 0.2) is 5.76 Å². The Bertz CT molecular complexity index is 989. The smallest absolute Gasteiger partial charge is 0.269 e. The van der Waals surface area contributed by atoms with Gasteiger partial charge in [0.1, 0.15) is 10.6 Å². The largest absolute Gasteiger partial charge is 0.461 e. The van der Waals surface area contributed by atoms with Crippen molar-refractivity contribution in [1.82, 2.24) is 9.46 Å². The van der Waals surface area contributed by atoms with E-state index < -0.39 is 15.9 Å². The zero-order chi connectivity index (χ0) is 16.0. The second-order valence-corrected chi connectivity index (χ2v) is 6.80. The summed E-state index contributed by atoms with van der Waals surface area (Å²) in [6, 6.07) is 11.1. The first-order chi connectivity index (χ1) is 11.1. The van der Waals surface area contributed by atoms with Crippen molar-refractivity contribution in [3.05, 3.63) is 60.0 Å². The van der Waals surface area contributed by atoms with Crippen molar-refractivity contribution in [1.29, 1.82) is 0 Å². The van der Waals surface area contributed by atoms with Crippen molar-refractivity contribution in [2.45, 2.75) is 11.4 Å². The van der Waals surface area contributed by atoms with Crippen LogP contribution in [0.3, 0.4) is 0 Å².